The molecule has 0 unspecified atom stereocenters. The number of fused-ring (bicyclic) bond motifs is 3. The lowest BCUT2D eigenvalue weighted by Gasteiger charge is -2.14. The van der Waals surface area contributed by atoms with Crippen molar-refractivity contribution in [1.29, 1.82) is 0 Å². The molecule has 0 aliphatic heterocycles. The summed E-state index contributed by atoms with van der Waals surface area (Å²) in [6.45, 7) is 1.89. The molecule has 0 fully saturated rings. The number of hydrogen-bond donors (Lipinski definition) is 1. The first-order valence-electron chi connectivity index (χ1n) is 12.0. The van der Waals surface area contributed by atoms with Gasteiger partial charge in [0.1, 0.15) is 0 Å². The van der Waals surface area contributed by atoms with Gasteiger partial charge >= 0.3 is 5.69 Å². The van der Waals surface area contributed by atoms with Crippen molar-refractivity contribution in [2.75, 3.05) is 4.72 Å². The van der Waals surface area contributed by atoms with E-state index in [4.69, 9.17) is 17.2 Å². The first kappa shape index (κ1) is 24.7. The van der Waals surface area contributed by atoms with Crippen LogP contribution >= 0.6 is 12.2 Å². The van der Waals surface area contributed by atoms with Crippen LogP contribution < -0.4 is 10.4 Å². The largest absolute Gasteiger partial charge is 0.342 e. The molecule has 0 atom stereocenters. The predicted octanol–water partition coefficient (Wildman–Crippen LogP) is 5.54. The van der Waals surface area contributed by atoms with Crippen molar-refractivity contribution in [2.24, 2.45) is 0 Å². The van der Waals surface area contributed by atoms with E-state index < -0.39 is 15.7 Å². The van der Waals surface area contributed by atoms with Crippen molar-refractivity contribution >= 4 is 44.5 Å². The molecule has 6 rings (SSSR count). The van der Waals surface area contributed by atoms with Crippen LogP contribution in [0.2, 0.25) is 0 Å². The maximum atomic E-state index is 13.9. The van der Waals surface area contributed by atoms with Gasteiger partial charge in [-0.15, -0.1) is 0 Å². The van der Waals surface area contributed by atoms with Gasteiger partial charge in [0.25, 0.3) is 10.0 Å². The van der Waals surface area contributed by atoms with E-state index in [0.717, 1.165) is 5.56 Å². The summed E-state index contributed by atoms with van der Waals surface area (Å²) in [6, 6.07) is 29.8. The number of hydrogen-bond acceptors (Lipinski definition) is 6. The van der Waals surface area contributed by atoms with E-state index >= 15 is 0 Å². The Balaban J connectivity index is 1.51. The van der Waals surface area contributed by atoms with Crippen LogP contribution in [-0.4, -0.2) is 27.4 Å². The van der Waals surface area contributed by atoms with Crippen LogP contribution in [-0.2, 0) is 10.0 Å². The second kappa shape index (κ2) is 9.57. The van der Waals surface area contributed by atoms with Crippen molar-refractivity contribution in [3.05, 3.63) is 124 Å². The molecule has 2 heterocycles. The topological polar surface area (TPSA) is 98.4 Å². The Bertz CT molecular complexity index is 2090. The molecule has 4 aromatic carbocycles. The van der Waals surface area contributed by atoms with Crippen molar-refractivity contribution in [3.8, 4) is 17.1 Å². The van der Waals surface area contributed by atoms with E-state index in [2.05, 4.69) is 9.71 Å². The third kappa shape index (κ3) is 4.49. The zero-order valence-corrected chi connectivity index (χ0v) is 22.3. The summed E-state index contributed by atoms with van der Waals surface area (Å²) in [4.78, 5) is 23.5. The molecule has 0 spiro atoms. The third-order valence-electron chi connectivity index (χ3n) is 6.31. The number of para-hydroxylation sites is 2. The zero-order chi connectivity index (χ0) is 27.1. The molecule has 192 valence electrons. The number of benzene rings is 4. The monoisotopic (exact) mass is 551 g/mol. The Labute approximate surface area is 228 Å². The number of anilines is 1. The van der Waals surface area contributed by atoms with Crippen LogP contribution in [0, 0.1) is 11.7 Å². The highest BCUT2D eigenvalue weighted by atomic mass is 32.2. The Kier molecular flexibility index (Phi) is 6.05. The summed E-state index contributed by atoms with van der Waals surface area (Å²) in [5.74, 6) is 0.355. The average molecular weight is 552 g/mol. The summed E-state index contributed by atoms with van der Waals surface area (Å²) < 4.78 is 31.2. The second-order valence-corrected chi connectivity index (χ2v) is 11.0. The van der Waals surface area contributed by atoms with Gasteiger partial charge in [0, 0.05) is 16.6 Å². The number of sulfonamides is 1. The van der Waals surface area contributed by atoms with Crippen molar-refractivity contribution in [1.82, 2.24) is 18.9 Å². The highest BCUT2D eigenvalue weighted by Gasteiger charge is 2.18. The highest BCUT2D eigenvalue weighted by Crippen LogP contribution is 2.26. The maximum absolute atomic E-state index is 13.9. The van der Waals surface area contributed by atoms with E-state index in [-0.39, 0.29) is 9.67 Å². The van der Waals surface area contributed by atoms with Gasteiger partial charge in [-0.3, -0.25) is 4.72 Å². The van der Waals surface area contributed by atoms with E-state index in [1.165, 1.54) is 8.97 Å². The summed E-state index contributed by atoms with van der Waals surface area (Å²) >= 11 is 5.54. The van der Waals surface area contributed by atoms with E-state index in [9.17, 15) is 13.2 Å². The average Bonchev–Trinajstić information content (AvgIpc) is 2.93. The predicted molar refractivity (Wildman–Crippen MR) is 154 cm³/mol. The smallest absolute Gasteiger partial charge is 0.280 e. The molecule has 10 heteroatoms. The molecule has 0 aliphatic carbocycles. The van der Waals surface area contributed by atoms with Crippen LogP contribution in [0.15, 0.2) is 113 Å². The summed E-state index contributed by atoms with van der Waals surface area (Å²) in [5.41, 5.74) is 3.17. The standard InChI is InChI=1S/C29H21N5O3S2/c1-19-11-17-23(18-12-19)39(36,37)32-21-15-13-20(14-16-21)26-30-25-10-6-5-9-24(25)27-31-28(38)33(29(35)34(26)27)22-7-3-2-4-8-22/h2-18,32H,1H3. The molecule has 0 saturated carbocycles. The quantitative estimate of drug-likeness (QED) is 0.223. The van der Waals surface area contributed by atoms with Crippen LogP contribution in [0.1, 0.15) is 5.56 Å². The van der Waals surface area contributed by atoms with Gasteiger partial charge in [0.2, 0.25) is 4.77 Å². The van der Waals surface area contributed by atoms with Crippen LogP contribution in [0.25, 0.3) is 33.6 Å². The van der Waals surface area contributed by atoms with Crippen LogP contribution in [0.5, 0.6) is 0 Å². The van der Waals surface area contributed by atoms with Crippen LogP contribution in [0.3, 0.4) is 0 Å². The lowest BCUT2D eigenvalue weighted by atomic mass is 10.1. The van der Waals surface area contributed by atoms with Crippen molar-refractivity contribution < 1.29 is 8.42 Å². The SMILES string of the molecule is Cc1ccc(S(=O)(=O)Nc2ccc(-c3nc4ccccc4c4nc(=S)n(-c5ccccc5)c(=O)n34)cc2)cc1. The van der Waals surface area contributed by atoms with E-state index in [1.807, 2.05) is 49.4 Å². The number of rotatable bonds is 5. The van der Waals surface area contributed by atoms with E-state index in [0.29, 0.717) is 39.3 Å². The van der Waals surface area contributed by atoms with Gasteiger partial charge in [-0.2, -0.15) is 0 Å². The fourth-order valence-corrected chi connectivity index (χ4v) is 5.70. The maximum Gasteiger partial charge on any atom is 0.342 e. The Hall–Kier alpha value is -4.67. The van der Waals surface area contributed by atoms with Gasteiger partial charge in [0.05, 0.1) is 16.1 Å². The minimum Gasteiger partial charge on any atom is -0.280 e. The Morgan fingerprint density at radius 2 is 1.46 bits per heavy atom. The molecule has 39 heavy (non-hydrogen) atoms. The fraction of sp³-hybridized carbons (Fsp3) is 0.0345. The lowest BCUT2D eigenvalue weighted by molar-refractivity contribution is 0.601. The molecule has 0 bridgehead atoms. The normalized spacial score (nSPS) is 11.6. The fourth-order valence-electron chi connectivity index (χ4n) is 4.37. The lowest BCUT2D eigenvalue weighted by Crippen LogP contribution is -2.29. The molecule has 8 nitrogen and oxygen atoms in total. The summed E-state index contributed by atoms with van der Waals surface area (Å²) in [7, 11) is -3.76. The molecular weight excluding hydrogens is 530 g/mol. The number of aryl methyl sites for hydroxylation is 1. The van der Waals surface area contributed by atoms with Gasteiger partial charge in [0.15, 0.2) is 11.5 Å². The first-order valence-corrected chi connectivity index (χ1v) is 13.9. The molecule has 0 saturated heterocycles. The first-order chi connectivity index (χ1) is 18.8. The van der Waals surface area contributed by atoms with E-state index in [1.54, 1.807) is 60.7 Å². The second-order valence-electron chi connectivity index (χ2n) is 8.96. The molecule has 0 aliphatic rings. The van der Waals surface area contributed by atoms with Gasteiger partial charge in [-0.1, -0.05) is 48.0 Å². The molecular formula is C29H21N5O3S2. The molecule has 2 aromatic heterocycles. The molecule has 0 amide bonds. The summed E-state index contributed by atoms with van der Waals surface area (Å²) in [5, 5.41) is 0.687. The third-order valence-corrected chi connectivity index (χ3v) is 7.98. The number of aromatic nitrogens is 4. The zero-order valence-electron chi connectivity index (χ0n) is 20.6. The highest BCUT2D eigenvalue weighted by molar-refractivity contribution is 7.92. The van der Waals surface area contributed by atoms with Crippen molar-refractivity contribution in [3.63, 3.8) is 0 Å². The number of nitrogens with zero attached hydrogens (tertiary/aromatic N) is 4. The molecule has 0 radical (unpaired) electrons. The molecule has 6 aromatic rings. The minimum absolute atomic E-state index is 0.134. The summed E-state index contributed by atoms with van der Waals surface area (Å²) in [6.07, 6.45) is 0. The van der Waals surface area contributed by atoms with Gasteiger partial charge < -0.3 is 0 Å². The van der Waals surface area contributed by atoms with Crippen LogP contribution in [0.4, 0.5) is 5.69 Å². The Morgan fingerprint density at radius 3 is 2.18 bits per heavy atom. The Morgan fingerprint density at radius 1 is 0.795 bits per heavy atom. The van der Waals surface area contributed by atoms with Crippen molar-refractivity contribution in [2.45, 2.75) is 11.8 Å². The minimum atomic E-state index is -3.76. The molecule has 1 N–H and O–H groups in total. The van der Waals surface area contributed by atoms with Gasteiger partial charge in [-0.05, 0) is 79.8 Å². The van der Waals surface area contributed by atoms with Gasteiger partial charge in [-0.25, -0.2) is 32.1 Å². The number of nitrogens with one attached hydrogen (secondary N) is 1.